The number of nitrogens with one attached hydrogen (secondary N) is 1. The molecule has 0 bridgehead atoms. The lowest BCUT2D eigenvalue weighted by molar-refractivity contribution is 0.105. The topological polar surface area (TPSA) is 113 Å². The Morgan fingerprint density at radius 1 is 1.20 bits per heavy atom. The molecule has 1 aromatic rings. The molecule has 114 valence electrons. The van der Waals surface area contributed by atoms with Gasteiger partial charge in [-0.3, -0.25) is 0 Å². The van der Waals surface area contributed by atoms with Gasteiger partial charge in [0.05, 0.1) is 23.6 Å². The standard InChI is InChI=1S/C13H22N2O4S/c1-4-13(7-16,8-17)15-20(18,19)12-9(2)5-11(14)6-10(12)3/h5-6,15-17H,4,7-8,14H2,1-3H3. The monoisotopic (exact) mass is 302 g/mol. The summed E-state index contributed by atoms with van der Waals surface area (Å²) in [5.41, 5.74) is 5.96. The number of nitrogens with two attached hydrogens (primary N) is 1. The third kappa shape index (κ3) is 3.29. The third-order valence-corrected chi connectivity index (χ3v) is 5.27. The average Bonchev–Trinajstić information content (AvgIpc) is 2.34. The summed E-state index contributed by atoms with van der Waals surface area (Å²) in [7, 11) is -3.86. The van der Waals surface area contributed by atoms with E-state index in [1.54, 1.807) is 32.9 Å². The Kier molecular flexibility index (Phi) is 5.15. The number of aryl methyl sites for hydroxylation is 2. The Balaban J connectivity index is 3.32. The fraction of sp³-hybridized carbons (Fsp3) is 0.538. The maximum absolute atomic E-state index is 12.5. The molecule has 1 rings (SSSR count). The van der Waals surface area contributed by atoms with Crippen LogP contribution in [-0.2, 0) is 10.0 Å². The lowest BCUT2D eigenvalue weighted by Crippen LogP contribution is -2.53. The van der Waals surface area contributed by atoms with E-state index in [2.05, 4.69) is 4.72 Å². The van der Waals surface area contributed by atoms with Crippen LogP contribution in [0.15, 0.2) is 17.0 Å². The molecule has 0 aromatic heterocycles. The molecule has 5 N–H and O–H groups in total. The van der Waals surface area contributed by atoms with Crippen molar-refractivity contribution in [1.29, 1.82) is 0 Å². The molecule has 0 unspecified atom stereocenters. The van der Waals surface area contributed by atoms with E-state index >= 15 is 0 Å². The number of benzene rings is 1. The second-order valence-corrected chi connectivity index (χ2v) is 6.66. The number of hydrogen-bond donors (Lipinski definition) is 4. The Labute approximate surface area is 119 Å². The normalized spacial score (nSPS) is 12.7. The summed E-state index contributed by atoms with van der Waals surface area (Å²) in [6.07, 6.45) is 0.270. The van der Waals surface area contributed by atoms with Crippen LogP contribution >= 0.6 is 0 Å². The highest BCUT2D eigenvalue weighted by molar-refractivity contribution is 7.89. The van der Waals surface area contributed by atoms with E-state index in [1.807, 2.05) is 0 Å². The molecule has 20 heavy (non-hydrogen) atoms. The molecule has 0 saturated carbocycles. The van der Waals surface area contributed by atoms with E-state index in [9.17, 15) is 18.6 Å². The van der Waals surface area contributed by atoms with Gasteiger partial charge in [-0.2, -0.15) is 0 Å². The van der Waals surface area contributed by atoms with Gasteiger partial charge in [-0.05, 0) is 43.5 Å². The summed E-state index contributed by atoms with van der Waals surface area (Å²) in [6.45, 7) is 4.04. The van der Waals surface area contributed by atoms with E-state index in [0.29, 0.717) is 16.8 Å². The molecule has 0 saturated heterocycles. The molecule has 1 aromatic carbocycles. The van der Waals surface area contributed by atoms with E-state index in [4.69, 9.17) is 5.73 Å². The molecule has 0 atom stereocenters. The highest BCUT2D eigenvalue weighted by Gasteiger charge is 2.34. The van der Waals surface area contributed by atoms with Crippen LogP contribution in [0.4, 0.5) is 5.69 Å². The zero-order chi connectivity index (χ0) is 15.6. The maximum atomic E-state index is 12.5. The van der Waals surface area contributed by atoms with Gasteiger partial charge in [0.25, 0.3) is 0 Å². The molecule has 0 radical (unpaired) electrons. The quantitative estimate of drug-likeness (QED) is 0.564. The number of aliphatic hydroxyl groups excluding tert-OH is 2. The minimum absolute atomic E-state index is 0.131. The van der Waals surface area contributed by atoms with Crippen molar-refractivity contribution in [3.05, 3.63) is 23.3 Å². The summed E-state index contributed by atoms with van der Waals surface area (Å²) in [5, 5.41) is 18.7. The minimum atomic E-state index is -3.86. The third-order valence-electron chi connectivity index (χ3n) is 3.38. The fourth-order valence-corrected chi connectivity index (χ4v) is 4.07. The Morgan fingerprint density at radius 3 is 2.00 bits per heavy atom. The predicted molar refractivity (Wildman–Crippen MR) is 77.8 cm³/mol. The zero-order valence-corrected chi connectivity index (χ0v) is 12.8. The van der Waals surface area contributed by atoms with Crippen LogP contribution in [0.3, 0.4) is 0 Å². The molecule has 7 heteroatoms. The minimum Gasteiger partial charge on any atom is -0.399 e. The predicted octanol–water partition coefficient (Wildman–Crippen LogP) is 0.297. The van der Waals surface area contributed by atoms with Gasteiger partial charge in [0, 0.05) is 5.69 Å². The van der Waals surface area contributed by atoms with E-state index in [1.165, 1.54) is 0 Å². The zero-order valence-electron chi connectivity index (χ0n) is 12.0. The van der Waals surface area contributed by atoms with Crippen molar-refractivity contribution in [3.8, 4) is 0 Å². The van der Waals surface area contributed by atoms with Gasteiger partial charge in [0.15, 0.2) is 0 Å². The van der Waals surface area contributed by atoms with E-state index in [0.717, 1.165) is 0 Å². The molecule has 0 aliphatic rings. The van der Waals surface area contributed by atoms with Crippen LogP contribution in [0, 0.1) is 13.8 Å². The van der Waals surface area contributed by atoms with Crippen molar-refractivity contribution < 1.29 is 18.6 Å². The molecule has 0 amide bonds. The molecule has 0 aliphatic heterocycles. The van der Waals surface area contributed by atoms with Crippen LogP contribution in [0.2, 0.25) is 0 Å². The molecule has 6 nitrogen and oxygen atoms in total. The first-order valence-corrected chi connectivity index (χ1v) is 7.82. The summed E-state index contributed by atoms with van der Waals surface area (Å²) >= 11 is 0. The van der Waals surface area contributed by atoms with Gasteiger partial charge in [-0.25, -0.2) is 13.1 Å². The van der Waals surface area contributed by atoms with Crippen molar-refractivity contribution in [2.75, 3.05) is 18.9 Å². The number of anilines is 1. The molecular weight excluding hydrogens is 280 g/mol. The Bertz CT molecular complexity index is 549. The van der Waals surface area contributed by atoms with Gasteiger partial charge in [-0.1, -0.05) is 6.92 Å². The fourth-order valence-electron chi connectivity index (χ4n) is 2.15. The smallest absolute Gasteiger partial charge is 0.241 e. The van der Waals surface area contributed by atoms with Gasteiger partial charge in [0.1, 0.15) is 0 Å². The van der Waals surface area contributed by atoms with Crippen LogP contribution in [0.1, 0.15) is 24.5 Å². The molecule has 0 spiro atoms. The average molecular weight is 302 g/mol. The highest BCUT2D eigenvalue weighted by atomic mass is 32.2. The lowest BCUT2D eigenvalue weighted by Gasteiger charge is -2.30. The van der Waals surface area contributed by atoms with E-state index < -0.39 is 28.8 Å². The van der Waals surface area contributed by atoms with Crippen LogP contribution in [0.5, 0.6) is 0 Å². The van der Waals surface area contributed by atoms with Crippen LogP contribution < -0.4 is 10.5 Å². The number of rotatable bonds is 6. The lowest BCUT2D eigenvalue weighted by atomic mass is 10.0. The summed E-state index contributed by atoms with van der Waals surface area (Å²) in [4.78, 5) is 0.131. The van der Waals surface area contributed by atoms with Gasteiger partial charge in [-0.15, -0.1) is 0 Å². The van der Waals surface area contributed by atoms with Crippen molar-refractivity contribution >= 4 is 15.7 Å². The second kappa shape index (κ2) is 6.09. The molecule has 0 aliphatic carbocycles. The largest absolute Gasteiger partial charge is 0.399 e. The SMILES string of the molecule is CCC(CO)(CO)NS(=O)(=O)c1c(C)cc(N)cc1C. The van der Waals surface area contributed by atoms with E-state index in [-0.39, 0.29) is 11.3 Å². The maximum Gasteiger partial charge on any atom is 0.241 e. The van der Waals surface area contributed by atoms with Crippen molar-refractivity contribution in [2.45, 2.75) is 37.6 Å². The van der Waals surface area contributed by atoms with Crippen molar-refractivity contribution in [3.63, 3.8) is 0 Å². The van der Waals surface area contributed by atoms with Gasteiger partial charge in [0.2, 0.25) is 10.0 Å². The highest BCUT2D eigenvalue weighted by Crippen LogP contribution is 2.24. The first-order chi connectivity index (χ1) is 9.21. The first kappa shape index (κ1) is 16.9. The van der Waals surface area contributed by atoms with Crippen LogP contribution in [0.25, 0.3) is 0 Å². The Hall–Kier alpha value is -1.15. The number of sulfonamides is 1. The van der Waals surface area contributed by atoms with Crippen molar-refractivity contribution in [1.82, 2.24) is 4.72 Å². The summed E-state index contributed by atoms with van der Waals surface area (Å²) < 4.78 is 27.4. The Morgan fingerprint density at radius 2 is 1.65 bits per heavy atom. The molecular formula is C13H22N2O4S. The molecule has 0 heterocycles. The summed E-state index contributed by atoms with van der Waals surface area (Å²) in [5.74, 6) is 0. The van der Waals surface area contributed by atoms with Crippen molar-refractivity contribution in [2.24, 2.45) is 0 Å². The number of nitrogen functional groups attached to an aromatic ring is 1. The number of hydrogen-bond acceptors (Lipinski definition) is 5. The second-order valence-electron chi connectivity index (χ2n) is 5.04. The van der Waals surface area contributed by atoms with Gasteiger partial charge < -0.3 is 15.9 Å². The van der Waals surface area contributed by atoms with Crippen LogP contribution in [-0.4, -0.2) is 37.4 Å². The first-order valence-electron chi connectivity index (χ1n) is 6.34. The van der Waals surface area contributed by atoms with Gasteiger partial charge >= 0.3 is 0 Å². The molecule has 0 fully saturated rings. The number of aliphatic hydroxyl groups is 2. The summed E-state index contributed by atoms with van der Waals surface area (Å²) in [6, 6.07) is 3.15.